The number of halogens is 5. The zero-order valence-corrected chi connectivity index (χ0v) is 17.7. The number of rotatable bonds is 9. The summed E-state index contributed by atoms with van der Waals surface area (Å²) in [5.41, 5.74) is 0. The van der Waals surface area contributed by atoms with Crippen LogP contribution in [0.25, 0.3) is 0 Å². The zero-order chi connectivity index (χ0) is 19.6. The lowest BCUT2D eigenvalue weighted by atomic mass is 10.3. The predicted molar refractivity (Wildman–Crippen MR) is 113 cm³/mol. The van der Waals surface area contributed by atoms with Gasteiger partial charge in [-0.3, -0.25) is 0 Å². The molecule has 0 saturated carbocycles. The second kappa shape index (κ2) is 11.6. The van der Waals surface area contributed by atoms with Crippen molar-refractivity contribution in [3.8, 4) is 17.2 Å². The molecule has 27 heavy (non-hydrogen) atoms. The Labute approximate surface area is 183 Å². The molecule has 0 aliphatic carbocycles. The Morgan fingerprint density at radius 3 is 1.89 bits per heavy atom. The van der Waals surface area contributed by atoms with Crippen molar-refractivity contribution in [2.24, 2.45) is 0 Å². The van der Waals surface area contributed by atoms with Gasteiger partial charge in [-0.05, 0) is 42.5 Å². The fraction of sp³-hybridized carbons (Fsp3) is 0.158. The van der Waals surface area contributed by atoms with Crippen LogP contribution in [0.3, 0.4) is 0 Å². The van der Waals surface area contributed by atoms with Crippen LogP contribution in [0.5, 0.6) is 17.2 Å². The van der Waals surface area contributed by atoms with Gasteiger partial charge in [0.05, 0.1) is 10.0 Å². The summed E-state index contributed by atoms with van der Waals surface area (Å²) < 4.78 is 16.7. The lowest BCUT2D eigenvalue weighted by Crippen LogP contribution is -1.99. The first-order valence-corrected chi connectivity index (χ1v) is 9.64. The number of hydrogen-bond acceptors (Lipinski definition) is 3. The molecule has 0 amide bonds. The minimum absolute atomic E-state index is 0.124. The number of ether oxygens (including phenoxy) is 3. The van der Waals surface area contributed by atoms with Crippen LogP contribution in [0.4, 0.5) is 0 Å². The number of benzene rings is 2. The molecule has 0 radical (unpaired) electrons. The average Bonchev–Trinajstić information content (AvgIpc) is 2.61. The topological polar surface area (TPSA) is 27.7 Å². The van der Waals surface area contributed by atoms with E-state index < -0.39 is 0 Å². The zero-order valence-electron chi connectivity index (χ0n) is 13.9. The van der Waals surface area contributed by atoms with Crippen LogP contribution < -0.4 is 14.2 Å². The minimum atomic E-state index is 0.124. The van der Waals surface area contributed by atoms with E-state index in [0.717, 1.165) is 5.75 Å². The van der Waals surface area contributed by atoms with Crippen molar-refractivity contribution in [1.82, 2.24) is 0 Å². The molecule has 0 atom stereocenters. The predicted octanol–water partition coefficient (Wildman–Crippen LogP) is 7.36. The fourth-order valence-electron chi connectivity index (χ4n) is 1.90. The summed E-state index contributed by atoms with van der Waals surface area (Å²) >= 11 is 29.2. The molecule has 0 unspecified atom stereocenters. The summed E-state index contributed by atoms with van der Waals surface area (Å²) in [6.07, 6.45) is 5.14. The van der Waals surface area contributed by atoms with Crippen LogP contribution in [0.1, 0.15) is 0 Å². The summed E-state index contributed by atoms with van der Waals surface area (Å²) in [4.78, 5) is 0. The SMILES string of the molecule is ClC(Cl)=CCOc1cc(Cl)c(OC/C=C/COc2ccc(Cl)cc2)c(Cl)c1. The van der Waals surface area contributed by atoms with E-state index in [1.54, 1.807) is 42.5 Å². The molecule has 0 aliphatic rings. The van der Waals surface area contributed by atoms with Crippen LogP contribution in [0.15, 0.2) is 59.1 Å². The molecule has 144 valence electrons. The van der Waals surface area contributed by atoms with E-state index >= 15 is 0 Å². The maximum atomic E-state index is 6.19. The highest BCUT2D eigenvalue weighted by atomic mass is 35.5. The van der Waals surface area contributed by atoms with Crippen molar-refractivity contribution < 1.29 is 14.2 Å². The molecule has 2 rings (SSSR count). The molecule has 2 aromatic rings. The van der Waals surface area contributed by atoms with Gasteiger partial charge in [-0.25, -0.2) is 0 Å². The molecule has 0 heterocycles. The van der Waals surface area contributed by atoms with E-state index in [4.69, 9.17) is 72.2 Å². The Morgan fingerprint density at radius 2 is 1.30 bits per heavy atom. The van der Waals surface area contributed by atoms with Gasteiger partial charge in [-0.1, -0.05) is 58.0 Å². The van der Waals surface area contributed by atoms with Crippen molar-refractivity contribution in [3.05, 3.63) is 74.2 Å². The van der Waals surface area contributed by atoms with Crippen molar-refractivity contribution in [3.63, 3.8) is 0 Å². The Hall–Kier alpha value is -1.23. The van der Waals surface area contributed by atoms with Gasteiger partial charge in [0.1, 0.15) is 35.8 Å². The van der Waals surface area contributed by atoms with Crippen LogP contribution in [0.2, 0.25) is 15.1 Å². The molecule has 8 heteroatoms. The van der Waals surface area contributed by atoms with Crippen molar-refractivity contribution >= 4 is 58.0 Å². The first-order valence-electron chi connectivity index (χ1n) is 7.75. The van der Waals surface area contributed by atoms with Crippen molar-refractivity contribution in [2.45, 2.75) is 0 Å². The van der Waals surface area contributed by atoms with Crippen LogP contribution >= 0.6 is 58.0 Å². The quantitative estimate of drug-likeness (QED) is 0.360. The molecule has 0 saturated heterocycles. The number of hydrogen-bond donors (Lipinski definition) is 0. The Balaban J connectivity index is 1.80. The first-order chi connectivity index (χ1) is 13.0. The van der Waals surface area contributed by atoms with Crippen LogP contribution in [-0.4, -0.2) is 19.8 Å². The van der Waals surface area contributed by atoms with Crippen LogP contribution in [0, 0.1) is 0 Å². The van der Waals surface area contributed by atoms with Gasteiger partial charge in [0, 0.05) is 17.2 Å². The molecular weight excluding hydrogens is 453 g/mol. The summed E-state index contributed by atoms with van der Waals surface area (Å²) in [5, 5.41) is 1.34. The summed E-state index contributed by atoms with van der Waals surface area (Å²) in [6.45, 7) is 0.885. The molecule has 0 N–H and O–H groups in total. The van der Waals surface area contributed by atoms with Crippen LogP contribution in [-0.2, 0) is 0 Å². The van der Waals surface area contributed by atoms with E-state index in [9.17, 15) is 0 Å². The standard InChI is InChI=1S/C19H15Cl5O3/c20-13-3-5-14(6-4-13)25-8-1-2-9-27-19-16(21)11-15(12-17(19)22)26-10-7-18(23)24/h1-7,11-12H,8-10H2/b2-1+. The van der Waals surface area contributed by atoms with E-state index in [0.29, 0.717) is 33.2 Å². The lowest BCUT2D eigenvalue weighted by molar-refractivity contribution is 0.347. The van der Waals surface area contributed by atoms with E-state index in [1.807, 2.05) is 6.08 Å². The van der Waals surface area contributed by atoms with Gasteiger partial charge in [0.2, 0.25) is 0 Å². The highest BCUT2D eigenvalue weighted by Gasteiger charge is 2.10. The van der Waals surface area contributed by atoms with E-state index in [-0.39, 0.29) is 17.7 Å². The van der Waals surface area contributed by atoms with Crippen molar-refractivity contribution in [2.75, 3.05) is 19.8 Å². The smallest absolute Gasteiger partial charge is 0.157 e. The summed E-state index contributed by atoms with van der Waals surface area (Å²) in [5.74, 6) is 1.59. The maximum Gasteiger partial charge on any atom is 0.157 e. The van der Waals surface area contributed by atoms with Gasteiger partial charge >= 0.3 is 0 Å². The molecule has 0 bridgehead atoms. The molecule has 0 spiro atoms. The second-order valence-electron chi connectivity index (χ2n) is 5.07. The van der Waals surface area contributed by atoms with Gasteiger partial charge in [-0.15, -0.1) is 0 Å². The van der Waals surface area contributed by atoms with Gasteiger partial charge < -0.3 is 14.2 Å². The average molecular weight is 469 g/mol. The monoisotopic (exact) mass is 466 g/mol. The van der Waals surface area contributed by atoms with Crippen molar-refractivity contribution in [1.29, 1.82) is 0 Å². The fourth-order valence-corrected chi connectivity index (χ4v) is 2.73. The molecule has 2 aromatic carbocycles. The minimum Gasteiger partial charge on any atom is -0.490 e. The summed E-state index contributed by atoms with van der Waals surface area (Å²) in [6, 6.07) is 10.3. The van der Waals surface area contributed by atoms with Gasteiger partial charge in [0.15, 0.2) is 5.75 Å². The highest BCUT2D eigenvalue weighted by molar-refractivity contribution is 6.55. The first kappa shape index (κ1) is 22.1. The van der Waals surface area contributed by atoms with Gasteiger partial charge in [-0.2, -0.15) is 0 Å². The highest BCUT2D eigenvalue weighted by Crippen LogP contribution is 2.37. The van der Waals surface area contributed by atoms with E-state index in [1.165, 1.54) is 6.08 Å². The lowest BCUT2D eigenvalue weighted by Gasteiger charge is -2.11. The summed E-state index contributed by atoms with van der Waals surface area (Å²) in [7, 11) is 0. The molecule has 0 fully saturated rings. The Morgan fingerprint density at radius 1 is 0.741 bits per heavy atom. The normalized spacial score (nSPS) is 10.7. The largest absolute Gasteiger partial charge is 0.490 e. The van der Waals surface area contributed by atoms with E-state index in [2.05, 4.69) is 0 Å². The third-order valence-electron chi connectivity index (χ3n) is 3.11. The maximum absolute atomic E-state index is 6.19. The van der Waals surface area contributed by atoms with Gasteiger partial charge in [0.25, 0.3) is 0 Å². The molecule has 0 aliphatic heterocycles. The molecule has 0 aromatic heterocycles. The molecular formula is C19H15Cl5O3. The third-order valence-corrected chi connectivity index (χ3v) is 4.23. The molecule has 3 nitrogen and oxygen atoms in total. The third kappa shape index (κ3) is 8.12. The Bertz CT molecular complexity index is 776. The Kier molecular flexibility index (Phi) is 9.46. The second-order valence-corrected chi connectivity index (χ2v) is 7.33.